The molecule has 2 rings (SSSR count). The van der Waals surface area contributed by atoms with Crippen LogP contribution in [0.15, 0.2) is 4.79 Å². The molecule has 0 fully saturated rings. The van der Waals surface area contributed by atoms with Crippen LogP contribution in [0.1, 0.15) is 23.9 Å². The van der Waals surface area contributed by atoms with E-state index in [-0.39, 0.29) is 5.56 Å². The first-order valence-electron chi connectivity index (χ1n) is 4.82. The second-order valence-corrected chi connectivity index (χ2v) is 4.62. The summed E-state index contributed by atoms with van der Waals surface area (Å²) in [7, 11) is 0. The molecule has 1 N–H and O–H groups in total. The van der Waals surface area contributed by atoms with Crippen molar-refractivity contribution in [3.8, 4) is 0 Å². The fourth-order valence-corrected chi connectivity index (χ4v) is 2.19. The van der Waals surface area contributed by atoms with E-state index in [0.717, 1.165) is 32.6 Å². The number of H-pyrrole nitrogens is 1. The van der Waals surface area contributed by atoms with Gasteiger partial charge >= 0.3 is 0 Å². The summed E-state index contributed by atoms with van der Waals surface area (Å²) in [5.74, 6) is 0. The molecule has 15 heavy (non-hydrogen) atoms. The summed E-state index contributed by atoms with van der Waals surface area (Å²) in [6.07, 6.45) is 0.718. The normalized spacial score (nSPS) is 11.2. The van der Waals surface area contributed by atoms with E-state index in [1.807, 2.05) is 20.8 Å². The van der Waals surface area contributed by atoms with E-state index < -0.39 is 0 Å². The first-order chi connectivity index (χ1) is 7.06. The first kappa shape index (κ1) is 10.7. The van der Waals surface area contributed by atoms with E-state index in [2.05, 4.69) is 32.7 Å². The van der Waals surface area contributed by atoms with E-state index in [1.165, 1.54) is 4.52 Å². The van der Waals surface area contributed by atoms with Gasteiger partial charge in [0.05, 0.1) is 3.57 Å². The molecule has 0 aliphatic heterocycles. The molecule has 5 heteroatoms. The summed E-state index contributed by atoms with van der Waals surface area (Å²) >= 11 is 2.20. The van der Waals surface area contributed by atoms with Crippen LogP contribution in [0, 0.1) is 17.4 Å². The van der Waals surface area contributed by atoms with Crippen LogP contribution in [0.4, 0.5) is 0 Å². The number of aromatic nitrogens is 3. The summed E-state index contributed by atoms with van der Waals surface area (Å²) in [5.41, 5.74) is 3.34. The number of hydrogen-bond donors (Lipinski definition) is 1. The van der Waals surface area contributed by atoms with Gasteiger partial charge in [-0.15, -0.1) is 0 Å². The van der Waals surface area contributed by atoms with Crippen molar-refractivity contribution in [2.45, 2.75) is 27.2 Å². The minimum Gasteiger partial charge on any atom is -0.293 e. The third-order valence-corrected chi connectivity index (χ3v) is 3.83. The topological polar surface area (TPSA) is 50.2 Å². The summed E-state index contributed by atoms with van der Waals surface area (Å²) in [6.45, 7) is 5.80. The van der Waals surface area contributed by atoms with Crippen molar-refractivity contribution >= 4 is 28.2 Å². The largest absolute Gasteiger partial charge is 0.293 e. The van der Waals surface area contributed by atoms with Gasteiger partial charge in [0.25, 0.3) is 5.56 Å². The predicted octanol–water partition coefficient (Wildman–Crippen LogP) is 1.81. The van der Waals surface area contributed by atoms with Gasteiger partial charge in [-0.3, -0.25) is 9.89 Å². The van der Waals surface area contributed by atoms with Gasteiger partial charge in [0.1, 0.15) is 0 Å². The van der Waals surface area contributed by atoms with Crippen LogP contribution >= 0.6 is 22.6 Å². The number of aromatic amines is 1. The Balaban J connectivity index is 2.97. The number of aryl methyl sites for hydroxylation is 2. The standard InChI is InChI=1S/C10H12IN3O/c1-4-7-5(2)12-9-8(11)6(3)13-14(9)10(7)15/h13H,4H2,1-3H3. The average Bonchev–Trinajstić information content (AvgIpc) is 2.46. The Kier molecular flexibility index (Phi) is 2.57. The predicted molar refractivity (Wildman–Crippen MR) is 67.4 cm³/mol. The quantitative estimate of drug-likeness (QED) is 0.816. The van der Waals surface area contributed by atoms with E-state index in [0.29, 0.717) is 0 Å². The van der Waals surface area contributed by atoms with E-state index in [9.17, 15) is 4.79 Å². The summed E-state index contributed by atoms with van der Waals surface area (Å²) in [6, 6.07) is 0. The van der Waals surface area contributed by atoms with Gasteiger partial charge in [0.15, 0.2) is 5.65 Å². The Hall–Kier alpha value is -0.850. The molecule has 0 aromatic carbocycles. The molecule has 0 aliphatic rings. The van der Waals surface area contributed by atoms with Crippen LogP contribution in [0.5, 0.6) is 0 Å². The lowest BCUT2D eigenvalue weighted by Crippen LogP contribution is -2.21. The summed E-state index contributed by atoms with van der Waals surface area (Å²) < 4.78 is 2.54. The maximum Gasteiger partial charge on any atom is 0.276 e. The minimum absolute atomic E-state index is 0.0195. The van der Waals surface area contributed by atoms with Crippen molar-refractivity contribution in [1.82, 2.24) is 14.6 Å². The molecule has 4 nitrogen and oxygen atoms in total. The zero-order valence-corrected chi connectivity index (χ0v) is 11.0. The van der Waals surface area contributed by atoms with Crippen molar-refractivity contribution in [3.05, 3.63) is 30.9 Å². The molecule has 0 atom stereocenters. The number of fused-ring (bicyclic) bond motifs is 1. The maximum absolute atomic E-state index is 12.0. The molecular weight excluding hydrogens is 305 g/mol. The Morgan fingerprint density at radius 1 is 1.47 bits per heavy atom. The van der Waals surface area contributed by atoms with E-state index in [4.69, 9.17) is 0 Å². The van der Waals surface area contributed by atoms with Crippen molar-refractivity contribution in [2.24, 2.45) is 0 Å². The van der Waals surface area contributed by atoms with Gasteiger partial charge < -0.3 is 0 Å². The number of rotatable bonds is 1. The fourth-order valence-electron chi connectivity index (χ4n) is 1.70. The van der Waals surface area contributed by atoms with Gasteiger partial charge in [-0.25, -0.2) is 9.50 Å². The first-order valence-corrected chi connectivity index (χ1v) is 5.90. The second kappa shape index (κ2) is 3.62. The van der Waals surface area contributed by atoms with Crippen LogP contribution in [-0.2, 0) is 6.42 Å². The number of halogens is 1. The molecule has 0 unspecified atom stereocenters. The van der Waals surface area contributed by atoms with Gasteiger partial charge in [-0.1, -0.05) is 6.92 Å². The highest BCUT2D eigenvalue weighted by Gasteiger charge is 2.13. The van der Waals surface area contributed by atoms with Gasteiger partial charge in [-0.05, 0) is 42.9 Å². The van der Waals surface area contributed by atoms with E-state index >= 15 is 0 Å². The van der Waals surface area contributed by atoms with Crippen LogP contribution < -0.4 is 5.56 Å². The van der Waals surface area contributed by atoms with Crippen molar-refractivity contribution in [3.63, 3.8) is 0 Å². The number of hydrogen-bond acceptors (Lipinski definition) is 2. The smallest absolute Gasteiger partial charge is 0.276 e. The SMILES string of the molecule is CCc1c(C)nc2c(I)c(C)[nH]n2c1=O. The number of nitrogens with one attached hydrogen (secondary N) is 1. The maximum atomic E-state index is 12.0. The summed E-state index contributed by atoms with van der Waals surface area (Å²) in [5, 5.41) is 3.03. The third kappa shape index (κ3) is 1.49. The monoisotopic (exact) mass is 317 g/mol. The van der Waals surface area contributed by atoms with E-state index in [1.54, 1.807) is 0 Å². The molecular formula is C10H12IN3O. The molecule has 0 saturated heterocycles. The lowest BCUT2D eigenvalue weighted by atomic mass is 10.2. The molecule has 0 radical (unpaired) electrons. The molecule has 2 heterocycles. The van der Waals surface area contributed by atoms with Crippen LogP contribution in [0.3, 0.4) is 0 Å². The lowest BCUT2D eigenvalue weighted by molar-refractivity contribution is 0.841. The summed E-state index contributed by atoms with van der Waals surface area (Å²) in [4.78, 5) is 16.5. The molecule has 0 aliphatic carbocycles. The molecule has 0 saturated carbocycles. The third-order valence-electron chi connectivity index (χ3n) is 2.54. The van der Waals surface area contributed by atoms with Crippen molar-refractivity contribution in [1.29, 1.82) is 0 Å². The Morgan fingerprint density at radius 2 is 2.13 bits per heavy atom. The Labute approximate surface area is 101 Å². The van der Waals surface area contributed by atoms with Crippen molar-refractivity contribution in [2.75, 3.05) is 0 Å². The average molecular weight is 317 g/mol. The molecule has 2 aromatic rings. The zero-order valence-electron chi connectivity index (χ0n) is 8.89. The lowest BCUT2D eigenvalue weighted by Gasteiger charge is -2.01. The highest BCUT2D eigenvalue weighted by atomic mass is 127. The van der Waals surface area contributed by atoms with Gasteiger partial charge in [-0.2, -0.15) is 0 Å². The molecule has 0 amide bonds. The number of nitrogens with zero attached hydrogens (tertiary/aromatic N) is 2. The Bertz CT molecular complexity index is 582. The molecule has 0 bridgehead atoms. The van der Waals surface area contributed by atoms with Gasteiger partial charge in [0, 0.05) is 17.0 Å². The zero-order chi connectivity index (χ0) is 11.2. The minimum atomic E-state index is 0.0195. The molecule has 80 valence electrons. The highest BCUT2D eigenvalue weighted by Crippen LogP contribution is 2.15. The van der Waals surface area contributed by atoms with Gasteiger partial charge in [0.2, 0.25) is 0 Å². The molecule has 0 spiro atoms. The second-order valence-electron chi connectivity index (χ2n) is 3.54. The highest BCUT2D eigenvalue weighted by molar-refractivity contribution is 14.1. The van der Waals surface area contributed by atoms with Crippen LogP contribution in [-0.4, -0.2) is 14.6 Å². The van der Waals surface area contributed by atoms with Crippen molar-refractivity contribution < 1.29 is 0 Å². The van der Waals surface area contributed by atoms with Crippen LogP contribution in [0.25, 0.3) is 5.65 Å². The molecule has 2 aromatic heterocycles. The van der Waals surface area contributed by atoms with Crippen LogP contribution in [0.2, 0.25) is 0 Å². The Morgan fingerprint density at radius 3 is 2.73 bits per heavy atom. The fraction of sp³-hybridized carbons (Fsp3) is 0.400.